The first kappa shape index (κ1) is 17.4. The summed E-state index contributed by atoms with van der Waals surface area (Å²) in [5.74, 6) is 0. The molecule has 0 saturated carbocycles. The molecule has 0 fully saturated rings. The van der Waals surface area contributed by atoms with Crippen LogP contribution in [-0.4, -0.2) is 22.6 Å². The van der Waals surface area contributed by atoms with Crippen LogP contribution in [0.5, 0.6) is 0 Å². The van der Waals surface area contributed by atoms with E-state index in [4.69, 9.17) is 0 Å². The van der Waals surface area contributed by atoms with Gasteiger partial charge in [0.15, 0.2) is 0 Å². The fraction of sp³-hybridized carbons (Fsp3) is 0.625. The van der Waals surface area contributed by atoms with Crippen LogP contribution in [0.4, 0.5) is 11.4 Å². The summed E-state index contributed by atoms with van der Waals surface area (Å²) in [6.07, 6.45) is 2.55. The van der Waals surface area contributed by atoms with Crippen LogP contribution in [-0.2, 0) is 0 Å². The molecule has 1 rings (SSSR count). The van der Waals surface area contributed by atoms with Gasteiger partial charge in [0.1, 0.15) is 5.69 Å². The molecule has 0 aliphatic rings. The average molecular weight is 294 g/mol. The van der Waals surface area contributed by atoms with Gasteiger partial charge in [0.25, 0.3) is 5.69 Å². The summed E-state index contributed by atoms with van der Waals surface area (Å²) in [7, 11) is 0. The molecule has 0 saturated heterocycles. The van der Waals surface area contributed by atoms with Gasteiger partial charge in [0, 0.05) is 18.7 Å². The predicted octanol–water partition coefficient (Wildman–Crippen LogP) is 4.05. The molecule has 1 N–H and O–H groups in total. The predicted molar refractivity (Wildman–Crippen MR) is 85.7 cm³/mol. The number of anilines is 1. The highest BCUT2D eigenvalue weighted by atomic mass is 16.6. The quantitative estimate of drug-likeness (QED) is 0.446. The van der Waals surface area contributed by atoms with E-state index in [-0.39, 0.29) is 16.7 Å². The van der Waals surface area contributed by atoms with Crippen molar-refractivity contribution in [3.8, 4) is 0 Å². The van der Waals surface area contributed by atoms with Crippen molar-refractivity contribution in [2.75, 3.05) is 11.4 Å². The number of rotatable bonds is 8. The number of nitro benzene ring substituents is 1. The normalized spacial score (nSPS) is 12.5. The lowest BCUT2D eigenvalue weighted by atomic mass is 10.1. The van der Waals surface area contributed by atoms with Crippen LogP contribution in [0.25, 0.3) is 0 Å². The zero-order valence-electron chi connectivity index (χ0n) is 13.4. The first-order valence-corrected chi connectivity index (χ1v) is 7.61. The van der Waals surface area contributed by atoms with Crippen LogP contribution in [0.3, 0.4) is 0 Å². The largest absolute Gasteiger partial charge is 0.389 e. The topological polar surface area (TPSA) is 66.6 Å². The highest BCUT2D eigenvalue weighted by Crippen LogP contribution is 2.32. The van der Waals surface area contributed by atoms with Crippen LogP contribution in [0.2, 0.25) is 0 Å². The molecule has 0 heterocycles. The number of nitro groups is 1. The molecule has 0 aliphatic heterocycles. The van der Waals surface area contributed by atoms with E-state index in [1.165, 1.54) is 6.07 Å². The van der Waals surface area contributed by atoms with Gasteiger partial charge in [-0.1, -0.05) is 25.8 Å². The second kappa shape index (κ2) is 7.98. The molecular weight excluding hydrogens is 268 g/mol. The molecule has 0 aromatic heterocycles. The number of hydrogen-bond acceptors (Lipinski definition) is 4. The summed E-state index contributed by atoms with van der Waals surface area (Å²) in [5.41, 5.74) is 1.27. The number of unbranched alkanes of at least 4 members (excludes halogenated alkanes) is 2. The van der Waals surface area contributed by atoms with E-state index < -0.39 is 6.10 Å². The molecular formula is C16H26N2O3. The number of benzene rings is 1. The third-order valence-corrected chi connectivity index (χ3v) is 3.61. The maximum Gasteiger partial charge on any atom is 0.292 e. The van der Waals surface area contributed by atoms with Gasteiger partial charge in [-0.3, -0.25) is 10.1 Å². The van der Waals surface area contributed by atoms with E-state index in [1.807, 2.05) is 13.8 Å². The van der Waals surface area contributed by atoms with E-state index in [1.54, 1.807) is 19.1 Å². The number of nitrogens with zero attached hydrogens (tertiary/aromatic N) is 2. The zero-order valence-corrected chi connectivity index (χ0v) is 13.4. The van der Waals surface area contributed by atoms with Crippen LogP contribution in [0.15, 0.2) is 18.2 Å². The second-order valence-electron chi connectivity index (χ2n) is 5.68. The van der Waals surface area contributed by atoms with Crippen LogP contribution < -0.4 is 4.90 Å². The van der Waals surface area contributed by atoms with Crippen molar-refractivity contribution in [1.29, 1.82) is 0 Å². The first-order chi connectivity index (χ1) is 9.88. The molecule has 0 bridgehead atoms. The fourth-order valence-electron chi connectivity index (χ4n) is 2.38. The Morgan fingerprint density at radius 1 is 1.29 bits per heavy atom. The van der Waals surface area contributed by atoms with Gasteiger partial charge < -0.3 is 10.0 Å². The molecule has 5 heteroatoms. The minimum absolute atomic E-state index is 0.0681. The van der Waals surface area contributed by atoms with Gasteiger partial charge in [-0.05, 0) is 38.8 Å². The van der Waals surface area contributed by atoms with Gasteiger partial charge in [-0.2, -0.15) is 0 Å². The number of aliphatic hydroxyl groups excluding tert-OH is 1. The molecule has 0 aliphatic carbocycles. The Morgan fingerprint density at radius 2 is 1.95 bits per heavy atom. The van der Waals surface area contributed by atoms with Gasteiger partial charge in [0.05, 0.1) is 11.0 Å². The SMILES string of the molecule is CCCCCN(c1ccc([C@@H](C)O)cc1[N+](=O)[O-])C(C)C. The third-order valence-electron chi connectivity index (χ3n) is 3.61. The molecule has 0 unspecified atom stereocenters. The van der Waals surface area contributed by atoms with Crippen LogP contribution in [0.1, 0.15) is 58.6 Å². The van der Waals surface area contributed by atoms with E-state index in [2.05, 4.69) is 11.8 Å². The molecule has 5 nitrogen and oxygen atoms in total. The van der Waals surface area contributed by atoms with Crippen molar-refractivity contribution >= 4 is 11.4 Å². The van der Waals surface area contributed by atoms with Gasteiger partial charge >= 0.3 is 0 Å². The summed E-state index contributed by atoms with van der Waals surface area (Å²) in [6, 6.07) is 5.20. The van der Waals surface area contributed by atoms with Crippen molar-refractivity contribution < 1.29 is 10.0 Å². The summed E-state index contributed by atoms with van der Waals surface area (Å²) in [6.45, 7) is 8.64. The monoisotopic (exact) mass is 294 g/mol. The number of aliphatic hydroxyl groups is 1. The Hall–Kier alpha value is -1.62. The van der Waals surface area contributed by atoms with Crippen molar-refractivity contribution in [2.45, 2.75) is 59.1 Å². The van der Waals surface area contributed by atoms with Crippen molar-refractivity contribution in [3.63, 3.8) is 0 Å². The molecule has 0 spiro atoms. The molecule has 118 valence electrons. The minimum atomic E-state index is -0.703. The molecule has 0 radical (unpaired) electrons. The molecule has 0 amide bonds. The maximum absolute atomic E-state index is 11.4. The molecule has 1 atom stereocenters. The molecule has 1 aromatic rings. The van der Waals surface area contributed by atoms with E-state index in [0.717, 1.165) is 25.8 Å². The van der Waals surface area contributed by atoms with Crippen LogP contribution in [0, 0.1) is 10.1 Å². The van der Waals surface area contributed by atoms with Crippen molar-refractivity contribution in [1.82, 2.24) is 0 Å². The average Bonchev–Trinajstić information content (AvgIpc) is 2.42. The maximum atomic E-state index is 11.4. The van der Waals surface area contributed by atoms with Crippen LogP contribution >= 0.6 is 0 Å². The first-order valence-electron chi connectivity index (χ1n) is 7.61. The lowest BCUT2D eigenvalue weighted by molar-refractivity contribution is -0.384. The van der Waals surface area contributed by atoms with E-state index in [0.29, 0.717) is 11.3 Å². The third kappa shape index (κ3) is 4.70. The highest BCUT2D eigenvalue weighted by Gasteiger charge is 2.22. The fourth-order valence-corrected chi connectivity index (χ4v) is 2.38. The Labute approximate surface area is 126 Å². The summed E-state index contributed by atoms with van der Waals surface area (Å²) in [4.78, 5) is 13.1. The lowest BCUT2D eigenvalue weighted by Gasteiger charge is -2.29. The summed E-state index contributed by atoms with van der Waals surface area (Å²) in [5, 5.41) is 21.0. The van der Waals surface area contributed by atoms with Gasteiger partial charge in [0.2, 0.25) is 0 Å². The highest BCUT2D eigenvalue weighted by molar-refractivity contribution is 5.65. The standard InChI is InChI=1S/C16H26N2O3/c1-5-6-7-10-17(12(2)3)15-9-8-14(13(4)19)11-16(15)18(20)21/h8-9,11-13,19H,5-7,10H2,1-4H3/t13-/m1/s1. The van der Waals surface area contributed by atoms with E-state index >= 15 is 0 Å². The Kier molecular flexibility index (Phi) is 6.62. The lowest BCUT2D eigenvalue weighted by Crippen LogP contribution is -2.32. The summed E-state index contributed by atoms with van der Waals surface area (Å²) >= 11 is 0. The summed E-state index contributed by atoms with van der Waals surface area (Å²) < 4.78 is 0. The smallest absolute Gasteiger partial charge is 0.292 e. The Balaban J connectivity index is 3.14. The van der Waals surface area contributed by atoms with Gasteiger partial charge in [-0.25, -0.2) is 0 Å². The van der Waals surface area contributed by atoms with E-state index in [9.17, 15) is 15.2 Å². The molecule has 1 aromatic carbocycles. The zero-order chi connectivity index (χ0) is 16.0. The van der Waals surface area contributed by atoms with Gasteiger partial charge in [-0.15, -0.1) is 0 Å². The number of hydrogen-bond donors (Lipinski definition) is 1. The Bertz CT molecular complexity index is 473. The molecule has 21 heavy (non-hydrogen) atoms. The van der Waals surface area contributed by atoms with Crippen molar-refractivity contribution in [3.05, 3.63) is 33.9 Å². The minimum Gasteiger partial charge on any atom is -0.389 e. The van der Waals surface area contributed by atoms with Crippen molar-refractivity contribution in [2.24, 2.45) is 0 Å². The second-order valence-corrected chi connectivity index (χ2v) is 5.68. The Morgan fingerprint density at radius 3 is 2.43 bits per heavy atom.